The van der Waals surface area contributed by atoms with Gasteiger partial charge in [-0.25, -0.2) is 4.79 Å². The third kappa shape index (κ3) is 8.95. The molecule has 1 unspecified atom stereocenters. The summed E-state index contributed by atoms with van der Waals surface area (Å²) in [6.07, 6.45) is -10.8. The van der Waals surface area contributed by atoms with E-state index in [-0.39, 0.29) is 24.8 Å². The number of carbonyl (C=O) groups is 1. The molecule has 2 rings (SSSR count). The highest BCUT2D eigenvalue weighted by Crippen LogP contribution is 2.36. The van der Waals surface area contributed by atoms with Crippen molar-refractivity contribution in [2.24, 2.45) is 0 Å². The molecular formula is C23H24F6O4. The zero-order valence-corrected chi connectivity index (χ0v) is 18.2. The Morgan fingerprint density at radius 3 is 1.88 bits per heavy atom. The molecule has 0 fully saturated rings. The third-order valence-electron chi connectivity index (χ3n) is 4.30. The lowest BCUT2D eigenvalue weighted by molar-refractivity contribution is -0.143. The van der Waals surface area contributed by atoms with Gasteiger partial charge >= 0.3 is 18.5 Å². The fourth-order valence-corrected chi connectivity index (χ4v) is 2.84. The molecule has 0 N–H and O–H groups in total. The van der Waals surface area contributed by atoms with Crippen LogP contribution in [-0.2, 0) is 33.2 Å². The molecular weight excluding hydrogens is 454 g/mol. The van der Waals surface area contributed by atoms with Gasteiger partial charge in [0.1, 0.15) is 12.2 Å². The van der Waals surface area contributed by atoms with Gasteiger partial charge in [-0.05, 0) is 50.1 Å². The van der Waals surface area contributed by atoms with Gasteiger partial charge in [-0.15, -0.1) is 0 Å². The van der Waals surface area contributed by atoms with Crippen LogP contribution in [0.4, 0.5) is 31.1 Å². The first-order valence-electron chi connectivity index (χ1n) is 9.92. The maximum atomic E-state index is 13.0. The van der Waals surface area contributed by atoms with Crippen molar-refractivity contribution in [3.8, 4) is 0 Å². The van der Waals surface area contributed by atoms with Gasteiger partial charge in [0.25, 0.3) is 0 Å². The van der Waals surface area contributed by atoms with Gasteiger partial charge in [0.2, 0.25) is 0 Å². The molecule has 0 amide bonds. The number of benzene rings is 2. The zero-order valence-electron chi connectivity index (χ0n) is 18.2. The number of carbonyl (C=O) groups excluding carboxylic acids is 1. The van der Waals surface area contributed by atoms with Crippen molar-refractivity contribution in [1.29, 1.82) is 0 Å². The van der Waals surface area contributed by atoms with Crippen molar-refractivity contribution in [3.63, 3.8) is 0 Å². The Kier molecular flexibility index (Phi) is 8.40. The summed E-state index contributed by atoms with van der Waals surface area (Å²) >= 11 is 0. The topological polar surface area (TPSA) is 44.8 Å². The first-order chi connectivity index (χ1) is 15.1. The van der Waals surface area contributed by atoms with Crippen molar-refractivity contribution in [1.82, 2.24) is 0 Å². The maximum Gasteiger partial charge on any atom is 0.508 e. The average molecular weight is 478 g/mol. The Labute approximate surface area is 187 Å². The largest absolute Gasteiger partial charge is 0.508 e. The van der Waals surface area contributed by atoms with E-state index in [9.17, 15) is 31.1 Å². The van der Waals surface area contributed by atoms with E-state index in [0.29, 0.717) is 17.7 Å². The Hall–Kier alpha value is -2.75. The van der Waals surface area contributed by atoms with Crippen LogP contribution < -0.4 is 0 Å². The van der Waals surface area contributed by atoms with Gasteiger partial charge in [0.15, 0.2) is 0 Å². The summed E-state index contributed by atoms with van der Waals surface area (Å²) in [4.78, 5) is 11.9. The lowest BCUT2D eigenvalue weighted by atomic mass is 10.0. The molecule has 0 saturated carbocycles. The first kappa shape index (κ1) is 26.5. The summed E-state index contributed by atoms with van der Waals surface area (Å²) in [5, 5.41) is 0. The van der Waals surface area contributed by atoms with Gasteiger partial charge in [-0.1, -0.05) is 30.3 Å². The smallest absolute Gasteiger partial charge is 0.434 e. The van der Waals surface area contributed by atoms with Crippen LogP contribution in [0.2, 0.25) is 0 Å². The van der Waals surface area contributed by atoms with Gasteiger partial charge < -0.3 is 14.2 Å². The second-order valence-corrected chi connectivity index (χ2v) is 8.31. The highest BCUT2D eigenvalue weighted by molar-refractivity contribution is 5.60. The van der Waals surface area contributed by atoms with Crippen molar-refractivity contribution in [2.75, 3.05) is 13.2 Å². The highest BCUT2D eigenvalue weighted by atomic mass is 19.4. The van der Waals surface area contributed by atoms with Crippen molar-refractivity contribution < 1.29 is 45.3 Å². The summed E-state index contributed by atoms with van der Waals surface area (Å²) in [6, 6.07) is 9.99. The number of alkyl halides is 6. The molecule has 1 atom stereocenters. The molecule has 0 aliphatic heterocycles. The van der Waals surface area contributed by atoms with Crippen LogP contribution in [0.5, 0.6) is 0 Å². The molecule has 2 aromatic rings. The Morgan fingerprint density at radius 2 is 1.39 bits per heavy atom. The Balaban J connectivity index is 2.12. The molecule has 33 heavy (non-hydrogen) atoms. The van der Waals surface area contributed by atoms with Crippen molar-refractivity contribution in [3.05, 3.63) is 70.8 Å². The molecule has 0 radical (unpaired) electrons. The second-order valence-electron chi connectivity index (χ2n) is 8.31. The molecule has 0 aromatic heterocycles. The van der Waals surface area contributed by atoms with E-state index in [1.807, 2.05) is 0 Å². The average Bonchev–Trinajstić information content (AvgIpc) is 2.68. The van der Waals surface area contributed by atoms with E-state index in [2.05, 4.69) is 0 Å². The molecule has 0 heterocycles. The number of halogens is 6. The lowest BCUT2D eigenvalue weighted by Crippen LogP contribution is -2.26. The fourth-order valence-electron chi connectivity index (χ4n) is 2.84. The standard InChI is InChI=1S/C23H24F6O4/c1-21(2,3)33-20(30)32-14-17(16-7-5-4-6-8-16)13-31-12-15-9-18(22(24,25)26)11-19(10-15)23(27,28)29/h4-11,17H,12-14H2,1-3H3. The SMILES string of the molecule is CC(C)(C)OC(=O)OCC(COCc1cc(C(F)(F)F)cc(C(F)(F)F)c1)c1ccccc1. The summed E-state index contributed by atoms with van der Waals surface area (Å²) in [5.41, 5.74) is -3.17. The summed E-state index contributed by atoms with van der Waals surface area (Å²) < 4.78 is 93.8. The monoisotopic (exact) mass is 478 g/mol. The van der Waals surface area contributed by atoms with Crippen LogP contribution in [0, 0.1) is 0 Å². The molecule has 0 aliphatic rings. The maximum absolute atomic E-state index is 13.0. The molecule has 0 spiro atoms. The predicted molar refractivity (Wildman–Crippen MR) is 107 cm³/mol. The van der Waals surface area contributed by atoms with E-state index in [1.165, 1.54) is 0 Å². The van der Waals surface area contributed by atoms with Gasteiger partial charge in [-0.2, -0.15) is 26.3 Å². The minimum absolute atomic E-state index is 0.0605. The third-order valence-corrected chi connectivity index (χ3v) is 4.30. The summed E-state index contributed by atoms with van der Waals surface area (Å²) in [7, 11) is 0. The normalized spacial score (nSPS) is 13.5. The van der Waals surface area contributed by atoms with Gasteiger partial charge in [0, 0.05) is 5.92 Å². The molecule has 4 nitrogen and oxygen atoms in total. The van der Waals surface area contributed by atoms with Crippen LogP contribution in [-0.4, -0.2) is 25.0 Å². The summed E-state index contributed by atoms with van der Waals surface area (Å²) in [6.45, 7) is 4.21. The highest BCUT2D eigenvalue weighted by Gasteiger charge is 2.36. The Morgan fingerprint density at radius 1 is 0.848 bits per heavy atom. The molecule has 2 aromatic carbocycles. The molecule has 182 valence electrons. The minimum Gasteiger partial charge on any atom is -0.434 e. The van der Waals surface area contributed by atoms with E-state index < -0.39 is 47.8 Å². The molecule has 0 bridgehead atoms. The number of hydrogen-bond donors (Lipinski definition) is 0. The molecule has 0 aliphatic carbocycles. The predicted octanol–water partition coefficient (Wildman–Crippen LogP) is 6.98. The quantitative estimate of drug-likeness (QED) is 0.318. The van der Waals surface area contributed by atoms with Crippen molar-refractivity contribution in [2.45, 2.75) is 51.2 Å². The molecule has 10 heteroatoms. The lowest BCUT2D eigenvalue weighted by Gasteiger charge is -2.21. The summed E-state index contributed by atoms with van der Waals surface area (Å²) in [5.74, 6) is -0.522. The number of hydrogen-bond acceptors (Lipinski definition) is 4. The molecule has 0 saturated heterocycles. The van der Waals surface area contributed by atoms with Crippen LogP contribution in [0.25, 0.3) is 0 Å². The Bertz CT molecular complexity index is 885. The van der Waals surface area contributed by atoms with E-state index >= 15 is 0 Å². The van der Waals surface area contributed by atoms with E-state index in [0.717, 1.165) is 0 Å². The van der Waals surface area contributed by atoms with Crippen LogP contribution in [0.15, 0.2) is 48.5 Å². The van der Waals surface area contributed by atoms with Crippen LogP contribution in [0.1, 0.15) is 48.9 Å². The van der Waals surface area contributed by atoms with Gasteiger partial charge in [-0.3, -0.25) is 0 Å². The fraction of sp³-hybridized carbons (Fsp3) is 0.435. The second kappa shape index (κ2) is 10.5. The van der Waals surface area contributed by atoms with Crippen LogP contribution in [0.3, 0.4) is 0 Å². The number of ether oxygens (including phenoxy) is 3. The number of rotatable bonds is 7. The zero-order chi connectivity index (χ0) is 24.9. The first-order valence-corrected chi connectivity index (χ1v) is 9.92. The van der Waals surface area contributed by atoms with Crippen molar-refractivity contribution >= 4 is 6.16 Å². The van der Waals surface area contributed by atoms with E-state index in [4.69, 9.17) is 14.2 Å². The minimum atomic E-state index is -4.94. The van der Waals surface area contributed by atoms with E-state index in [1.54, 1.807) is 51.1 Å². The van der Waals surface area contributed by atoms with Gasteiger partial charge in [0.05, 0.1) is 24.3 Å². The van der Waals surface area contributed by atoms with Crippen LogP contribution >= 0.6 is 0 Å².